The minimum absolute atomic E-state index is 0.0491. The van der Waals surface area contributed by atoms with Crippen LogP contribution in [0.1, 0.15) is 52.3 Å². The number of anilines is 1. The molecule has 1 aromatic heterocycles. The van der Waals surface area contributed by atoms with E-state index < -0.39 is 35.3 Å². The van der Waals surface area contributed by atoms with Crippen LogP contribution in [0.2, 0.25) is 0 Å². The molecule has 4 rings (SSSR count). The van der Waals surface area contributed by atoms with Crippen molar-refractivity contribution in [2.45, 2.75) is 32.7 Å². The van der Waals surface area contributed by atoms with Crippen molar-refractivity contribution in [2.24, 2.45) is 0 Å². The number of rotatable bonds is 8. The second-order valence-electron chi connectivity index (χ2n) is 8.35. The van der Waals surface area contributed by atoms with E-state index in [2.05, 4.69) is 11.9 Å². The number of hydrogen-bond donors (Lipinski definition) is 1. The first-order chi connectivity index (χ1) is 17.8. The van der Waals surface area contributed by atoms with Gasteiger partial charge in [0.25, 0.3) is 5.78 Å². The number of esters is 1. The molecule has 1 saturated heterocycles. The maximum absolute atomic E-state index is 14.2. The summed E-state index contributed by atoms with van der Waals surface area (Å²) in [6.07, 6.45) is 1.88. The van der Waals surface area contributed by atoms with E-state index >= 15 is 0 Å². The van der Waals surface area contributed by atoms with E-state index in [1.54, 1.807) is 37.3 Å². The summed E-state index contributed by atoms with van der Waals surface area (Å²) in [5.74, 6) is -2.95. The lowest BCUT2D eigenvalue weighted by atomic mass is 9.95. The van der Waals surface area contributed by atoms with Crippen molar-refractivity contribution in [3.05, 3.63) is 81.6 Å². The van der Waals surface area contributed by atoms with Gasteiger partial charge in [-0.3, -0.25) is 14.5 Å². The van der Waals surface area contributed by atoms with Crippen LogP contribution in [-0.4, -0.2) is 41.5 Å². The first-order valence-corrected chi connectivity index (χ1v) is 12.4. The average molecular weight is 525 g/mol. The van der Waals surface area contributed by atoms with Gasteiger partial charge < -0.3 is 14.6 Å². The molecule has 0 aliphatic carbocycles. The fourth-order valence-electron chi connectivity index (χ4n) is 3.99. The second kappa shape index (κ2) is 10.9. The minimum Gasteiger partial charge on any atom is -0.507 e. The van der Waals surface area contributed by atoms with Crippen LogP contribution in [0.5, 0.6) is 5.75 Å². The molecule has 0 spiro atoms. The predicted octanol–water partition coefficient (Wildman–Crippen LogP) is 5.18. The number of carbonyl (C=O) groups is 3. The zero-order chi connectivity index (χ0) is 26.7. The number of benzene rings is 2. The standard InChI is InChI=1S/C27H25FN2O6S/c1-4-5-13-36-19-11-9-16(10-12-19)22(31)20-21(17-7-6-8-18(28)14-17)30(25(33)23(20)32)27-29-15(2)24(37-27)26(34)35-3/h6-12,14,21,31H,4-5,13H2,1-3H3/b22-20+. The van der Waals surface area contributed by atoms with E-state index in [1.165, 1.54) is 25.3 Å². The number of aliphatic hydroxyl groups excluding tert-OH is 1. The third kappa shape index (κ3) is 5.10. The molecule has 1 N–H and O–H groups in total. The Kier molecular flexibility index (Phi) is 7.68. The van der Waals surface area contributed by atoms with E-state index in [1.807, 2.05) is 0 Å². The summed E-state index contributed by atoms with van der Waals surface area (Å²) in [6, 6.07) is 10.7. The van der Waals surface area contributed by atoms with Gasteiger partial charge in [0.1, 0.15) is 22.2 Å². The molecule has 0 saturated carbocycles. The molecule has 0 bridgehead atoms. The van der Waals surface area contributed by atoms with E-state index in [-0.39, 0.29) is 26.7 Å². The lowest BCUT2D eigenvalue weighted by Gasteiger charge is -2.23. The van der Waals surface area contributed by atoms with Crippen LogP contribution in [0.3, 0.4) is 0 Å². The lowest BCUT2D eigenvalue weighted by Crippen LogP contribution is -2.29. The molecule has 37 heavy (non-hydrogen) atoms. The van der Waals surface area contributed by atoms with Crippen molar-refractivity contribution in [1.82, 2.24) is 4.98 Å². The van der Waals surface area contributed by atoms with E-state index in [4.69, 9.17) is 9.47 Å². The van der Waals surface area contributed by atoms with Crippen molar-refractivity contribution in [1.29, 1.82) is 0 Å². The van der Waals surface area contributed by atoms with E-state index in [0.717, 1.165) is 29.1 Å². The van der Waals surface area contributed by atoms with Crippen LogP contribution < -0.4 is 9.64 Å². The predicted molar refractivity (Wildman–Crippen MR) is 136 cm³/mol. The Labute approximate surface area is 217 Å². The van der Waals surface area contributed by atoms with E-state index in [0.29, 0.717) is 18.1 Å². The topological polar surface area (TPSA) is 106 Å². The van der Waals surface area contributed by atoms with Crippen LogP contribution >= 0.6 is 11.3 Å². The number of aromatic nitrogens is 1. The summed E-state index contributed by atoms with van der Waals surface area (Å²) < 4.78 is 24.7. The zero-order valence-electron chi connectivity index (χ0n) is 20.5. The van der Waals surface area contributed by atoms with Gasteiger partial charge in [0.15, 0.2) is 5.13 Å². The molecule has 1 amide bonds. The molecule has 10 heteroatoms. The molecule has 192 valence electrons. The number of ether oxygens (including phenoxy) is 2. The number of hydrogen-bond acceptors (Lipinski definition) is 8. The summed E-state index contributed by atoms with van der Waals surface area (Å²) in [5.41, 5.74) is 0.633. The summed E-state index contributed by atoms with van der Waals surface area (Å²) in [5, 5.41) is 11.3. The molecule has 1 fully saturated rings. The van der Waals surface area contributed by atoms with Gasteiger partial charge in [-0.05, 0) is 55.3 Å². The molecule has 3 aromatic rings. The number of unbranched alkanes of at least 4 members (excludes halogenated alkanes) is 1. The Morgan fingerprint density at radius 3 is 2.57 bits per heavy atom. The molecule has 8 nitrogen and oxygen atoms in total. The third-order valence-corrected chi connectivity index (χ3v) is 7.00. The first kappa shape index (κ1) is 26.0. The van der Waals surface area contributed by atoms with Crippen molar-refractivity contribution < 1.29 is 33.4 Å². The monoisotopic (exact) mass is 524 g/mol. The molecule has 1 aliphatic rings. The largest absolute Gasteiger partial charge is 0.507 e. The van der Waals surface area contributed by atoms with Gasteiger partial charge in [0.2, 0.25) is 0 Å². The number of ketones is 1. The van der Waals surface area contributed by atoms with Gasteiger partial charge >= 0.3 is 11.9 Å². The number of carbonyl (C=O) groups excluding carboxylic acids is 3. The number of thiazole rings is 1. The van der Waals surface area contributed by atoms with E-state index in [9.17, 15) is 23.9 Å². The highest BCUT2D eigenvalue weighted by molar-refractivity contribution is 7.17. The SMILES string of the molecule is CCCCOc1ccc(/C(O)=C2\C(=O)C(=O)N(c3nc(C)c(C(=O)OC)s3)C2c2cccc(F)c2)cc1. The molecule has 1 aliphatic heterocycles. The fourth-order valence-corrected chi connectivity index (χ4v) is 5.00. The molecule has 1 unspecified atom stereocenters. The highest BCUT2D eigenvalue weighted by atomic mass is 32.1. The van der Waals surface area contributed by atoms with Gasteiger partial charge in [0, 0.05) is 5.56 Å². The summed E-state index contributed by atoms with van der Waals surface area (Å²) in [7, 11) is 1.22. The van der Waals surface area contributed by atoms with Crippen molar-refractivity contribution in [2.75, 3.05) is 18.6 Å². The second-order valence-corrected chi connectivity index (χ2v) is 9.33. The number of aliphatic hydroxyl groups is 1. The van der Waals surface area contributed by atoms with Crippen LogP contribution in [-0.2, 0) is 14.3 Å². The quantitative estimate of drug-likeness (QED) is 0.142. The maximum Gasteiger partial charge on any atom is 0.350 e. The highest BCUT2D eigenvalue weighted by Crippen LogP contribution is 2.44. The Hall–Kier alpha value is -4.05. The number of nitrogens with zero attached hydrogens (tertiary/aromatic N) is 2. The maximum atomic E-state index is 14.2. The van der Waals surface area contributed by atoms with Crippen molar-refractivity contribution in [3.63, 3.8) is 0 Å². The van der Waals surface area contributed by atoms with Crippen LogP contribution in [0.4, 0.5) is 9.52 Å². The third-order valence-electron chi connectivity index (χ3n) is 5.87. The number of halogens is 1. The van der Waals surface area contributed by atoms with Gasteiger partial charge in [-0.25, -0.2) is 14.2 Å². The average Bonchev–Trinajstić information content (AvgIpc) is 3.40. The number of aryl methyl sites for hydroxylation is 1. The molecule has 2 aromatic carbocycles. The Morgan fingerprint density at radius 1 is 1.19 bits per heavy atom. The fraction of sp³-hybridized carbons (Fsp3) is 0.259. The van der Waals surface area contributed by atoms with Gasteiger partial charge in [-0.2, -0.15) is 0 Å². The molecule has 2 heterocycles. The number of methoxy groups -OCH3 is 1. The molecule has 0 radical (unpaired) electrons. The van der Waals surface area contributed by atoms with Crippen LogP contribution in [0, 0.1) is 12.7 Å². The number of amides is 1. The van der Waals surface area contributed by atoms with Gasteiger partial charge in [-0.15, -0.1) is 0 Å². The van der Waals surface area contributed by atoms with Crippen molar-refractivity contribution in [3.8, 4) is 5.75 Å². The first-order valence-electron chi connectivity index (χ1n) is 11.6. The Bertz CT molecular complexity index is 1380. The minimum atomic E-state index is -1.17. The molecular weight excluding hydrogens is 499 g/mol. The molecule has 1 atom stereocenters. The van der Waals surface area contributed by atoms with Gasteiger partial charge in [0.05, 0.1) is 31.0 Å². The lowest BCUT2D eigenvalue weighted by molar-refractivity contribution is -0.132. The smallest absolute Gasteiger partial charge is 0.350 e. The summed E-state index contributed by atoms with van der Waals surface area (Å²) in [4.78, 5) is 44.2. The summed E-state index contributed by atoms with van der Waals surface area (Å²) >= 11 is 0.871. The summed E-state index contributed by atoms with van der Waals surface area (Å²) in [6.45, 7) is 4.18. The molecular formula is C27H25FN2O6S. The normalized spacial score (nSPS) is 16.8. The highest BCUT2D eigenvalue weighted by Gasteiger charge is 2.48. The van der Waals surface area contributed by atoms with Crippen molar-refractivity contribution >= 4 is 39.9 Å². The van der Waals surface area contributed by atoms with Crippen LogP contribution in [0.15, 0.2) is 54.1 Å². The number of Topliss-reactive ketones (excluding diaryl/α,β-unsaturated/α-hetero) is 1. The van der Waals surface area contributed by atoms with Crippen LogP contribution in [0.25, 0.3) is 5.76 Å². The Morgan fingerprint density at radius 2 is 1.92 bits per heavy atom. The zero-order valence-corrected chi connectivity index (χ0v) is 21.3. The Balaban J connectivity index is 1.82. The van der Waals surface area contributed by atoms with Gasteiger partial charge in [-0.1, -0.05) is 36.8 Å².